The minimum atomic E-state index is 0.113. The van der Waals surface area contributed by atoms with E-state index in [2.05, 4.69) is 41.5 Å². The zero-order chi connectivity index (χ0) is 11.9. The van der Waals surface area contributed by atoms with Gasteiger partial charge in [-0.05, 0) is 0 Å². The summed E-state index contributed by atoms with van der Waals surface area (Å²) in [5.74, 6) is 0. The summed E-state index contributed by atoms with van der Waals surface area (Å²) in [6, 6.07) is 0. The third-order valence-electron chi connectivity index (χ3n) is 3.55. The summed E-state index contributed by atoms with van der Waals surface area (Å²) in [6.07, 6.45) is 8.41. The standard InChI is InChI=1S/C14H30Te/c1-7-11-13(5,9-3)15-14(6,10-4)12-8-2/h7-12H2,1-6H3. The van der Waals surface area contributed by atoms with Crippen LogP contribution in [0.1, 0.15) is 80.1 Å². The summed E-state index contributed by atoms with van der Waals surface area (Å²) in [6.45, 7) is 14.5. The molecule has 15 heavy (non-hydrogen) atoms. The summed E-state index contributed by atoms with van der Waals surface area (Å²) >= 11 is 0.113. The van der Waals surface area contributed by atoms with Gasteiger partial charge in [-0.15, -0.1) is 0 Å². The molecule has 0 aliphatic rings. The molecule has 0 N–H and O–H groups in total. The molecule has 0 rings (SSSR count). The molecule has 1 heteroatoms. The average Bonchev–Trinajstić information content (AvgIpc) is 2.18. The van der Waals surface area contributed by atoms with Crippen molar-refractivity contribution < 1.29 is 0 Å². The molecule has 0 aromatic rings. The van der Waals surface area contributed by atoms with Gasteiger partial charge in [-0.2, -0.15) is 0 Å². The van der Waals surface area contributed by atoms with Crippen molar-refractivity contribution in [3.63, 3.8) is 0 Å². The van der Waals surface area contributed by atoms with Gasteiger partial charge in [-0.25, -0.2) is 0 Å². The van der Waals surface area contributed by atoms with Crippen LogP contribution in [0.4, 0.5) is 0 Å². The number of rotatable bonds is 8. The van der Waals surface area contributed by atoms with E-state index in [4.69, 9.17) is 0 Å². The molecule has 0 amide bonds. The second kappa shape index (κ2) is 7.18. The average molecular weight is 326 g/mol. The van der Waals surface area contributed by atoms with E-state index in [0.29, 0.717) is 6.93 Å². The van der Waals surface area contributed by atoms with Crippen LogP contribution in [0.3, 0.4) is 0 Å². The third kappa shape index (κ3) is 5.60. The molecular formula is C14H30Te. The maximum absolute atomic E-state index is 2.54. The van der Waals surface area contributed by atoms with E-state index in [-0.39, 0.29) is 20.9 Å². The predicted molar refractivity (Wildman–Crippen MR) is 72.9 cm³/mol. The molecule has 2 atom stereocenters. The van der Waals surface area contributed by atoms with Crippen LogP contribution in [0, 0.1) is 0 Å². The van der Waals surface area contributed by atoms with E-state index in [9.17, 15) is 0 Å². The summed E-state index contributed by atoms with van der Waals surface area (Å²) in [5.41, 5.74) is 0. The molecule has 0 fully saturated rings. The minimum absolute atomic E-state index is 0.113. The van der Waals surface area contributed by atoms with Crippen molar-refractivity contribution >= 4 is 20.9 Å². The molecule has 0 aliphatic carbocycles. The molecule has 0 aromatic heterocycles. The quantitative estimate of drug-likeness (QED) is 0.519. The Balaban J connectivity index is 4.47. The van der Waals surface area contributed by atoms with Gasteiger partial charge in [-0.1, -0.05) is 0 Å². The van der Waals surface area contributed by atoms with E-state index >= 15 is 0 Å². The van der Waals surface area contributed by atoms with Gasteiger partial charge in [-0.3, -0.25) is 0 Å². The number of hydrogen-bond donors (Lipinski definition) is 0. The van der Waals surface area contributed by atoms with Gasteiger partial charge in [0.25, 0.3) is 0 Å². The van der Waals surface area contributed by atoms with Crippen molar-refractivity contribution in [2.45, 2.75) is 87.0 Å². The van der Waals surface area contributed by atoms with Gasteiger partial charge in [0, 0.05) is 0 Å². The summed E-state index contributed by atoms with van der Waals surface area (Å²) < 4.78 is 1.42. The van der Waals surface area contributed by atoms with Gasteiger partial charge in [0.2, 0.25) is 0 Å². The second-order valence-corrected chi connectivity index (χ2v) is 11.4. The van der Waals surface area contributed by atoms with Gasteiger partial charge < -0.3 is 0 Å². The van der Waals surface area contributed by atoms with E-state index < -0.39 is 0 Å². The van der Waals surface area contributed by atoms with Crippen molar-refractivity contribution in [2.24, 2.45) is 0 Å². The SMILES string of the molecule is CCCC(C)(CC)[Te]C(C)(CC)CCC. The first kappa shape index (κ1) is 15.8. The van der Waals surface area contributed by atoms with Crippen LogP contribution < -0.4 is 0 Å². The molecule has 0 heterocycles. The van der Waals surface area contributed by atoms with Crippen LogP contribution >= 0.6 is 0 Å². The van der Waals surface area contributed by atoms with E-state index in [1.54, 1.807) is 0 Å². The Bertz CT molecular complexity index is 149. The van der Waals surface area contributed by atoms with Crippen LogP contribution in [-0.4, -0.2) is 20.9 Å². The Morgan fingerprint density at radius 3 is 1.27 bits per heavy atom. The van der Waals surface area contributed by atoms with Crippen LogP contribution in [0.25, 0.3) is 0 Å². The fraction of sp³-hybridized carbons (Fsp3) is 1.00. The fourth-order valence-corrected chi connectivity index (χ4v) is 8.22. The molecule has 0 aromatic carbocycles. The maximum atomic E-state index is 2.54. The predicted octanol–water partition coefficient (Wildman–Crippen LogP) is 5.47. The molecule has 0 saturated heterocycles. The normalized spacial score (nSPS) is 19.6. The molecule has 2 unspecified atom stereocenters. The monoisotopic (exact) mass is 328 g/mol. The van der Waals surface area contributed by atoms with Crippen LogP contribution in [0.15, 0.2) is 0 Å². The molecule has 0 bridgehead atoms. The molecule has 0 aliphatic heterocycles. The molecule has 92 valence electrons. The van der Waals surface area contributed by atoms with Crippen molar-refractivity contribution in [3.8, 4) is 0 Å². The molecule has 0 radical (unpaired) electrons. The van der Waals surface area contributed by atoms with Crippen LogP contribution in [0.5, 0.6) is 0 Å². The zero-order valence-corrected chi connectivity index (χ0v) is 14.0. The summed E-state index contributed by atoms with van der Waals surface area (Å²) in [5, 5.41) is 0. The van der Waals surface area contributed by atoms with Crippen LogP contribution in [0.2, 0.25) is 6.93 Å². The molecular weight excluding hydrogens is 296 g/mol. The van der Waals surface area contributed by atoms with Crippen molar-refractivity contribution in [1.29, 1.82) is 0 Å². The van der Waals surface area contributed by atoms with E-state index in [0.717, 1.165) is 0 Å². The van der Waals surface area contributed by atoms with Crippen molar-refractivity contribution in [3.05, 3.63) is 0 Å². The fourth-order valence-electron chi connectivity index (χ4n) is 2.25. The van der Waals surface area contributed by atoms with Crippen LogP contribution in [-0.2, 0) is 0 Å². The molecule has 0 nitrogen and oxygen atoms in total. The second-order valence-electron chi connectivity index (χ2n) is 5.21. The van der Waals surface area contributed by atoms with E-state index in [1.807, 2.05) is 0 Å². The first-order valence-electron chi connectivity index (χ1n) is 6.65. The Hall–Kier alpha value is 0.790. The topological polar surface area (TPSA) is 0 Å². The first-order chi connectivity index (χ1) is 6.95. The molecule has 0 saturated carbocycles. The van der Waals surface area contributed by atoms with Gasteiger partial charge in [0.15, 0.2) is 0 Å². The first-order valence-corrected chi connectivity index (χ1v) is 8.98. The number of hydrogen-bond acceptors (Lipinski definition) is 0. The Morgan fingerprint density at radius 2 is 1.07 bits per heavy atom. The summed E-state index contributed by atoms with van der Waals surface area (Å²) in [4.78, 5) is 0. The summed E-state index contributed by atoms with van der Waals surface area (Å²) in [7, 11) is 0. The van der Waals surface area contributed by atoms with E-state index in [1.165, 1.54) is 38.5 Å². The van der Waals surface area contributed by atoms with Gasteiger partial charge in [0.1, 0.15) is 0 Å². The van der Waals surface area contributed by atoms with Crippen molar-refractivity contribution in [2.75, 3.05) is 0 Å². The van der Waals surface area contributed by atoms with Gasteiger partial charge in [0.05, 0.1) is 0 Å². The molecule has 0 spiro atoms. The Kier molecular flexibility index (Phi) is 7.56. The van der Waals surface area contributed by atoms with Crippen molar-refractivity contribution in [1.82, 2.24) is 0 Å². The third-order valence-corrected chi connectivity index (χ3v) is 9.17. The zero-order valence-electron chi connectivity index (χ0n) is 11.7. The van der Waals surface area contributed by atoms with Gasteiger partial charge >= 0.3 is 108 Å². The Labute approximate surface area is 108 Å². The Morgan fingerprint density at radius 1 is 0.733 bits per heavy atom.